The Kier molecular flexibility index (Phi) is 5.50. The average molecular weight is 221 g/mol. The van der Waals surface area contributed by atoms with E-state index in [0.29, 0.717) is 13.1 Å². The zero-order valence-corrected chi connectivity index (χ0v) is 11.3. The second-order valence-corrected chi connectivity index (χ2v) is 3.53. The molecule has 7 heteroatoms. The molecule has 1 aliphatic rings. The minimum atomic E-state index is -4.68. The zero-order valence-electron chi connectivity index (χ0n) is 8.19. The Morgan fingerprint density at radius 1 is 1.38 bits per heavy atom. The van der Waals surface area contributed by atoms with Gasteiger partial charge in [-0.2, -0.15) is 0 Å². The van der Waals surface area contributed by atoms with E-state index in [9.17, 15) is 12.9 Å². The SMILES string of the molecule is COC1(C)CN(C[B-](F)(F)F)C1.[K+]. The maximum Gasteiger partial charge on any atom is 1.00 e. The summed E-state index contributed by atoms with van der Waals surface area (Å²) in [5, 5.41) is 0. The number of rotatable bonds is 3. The van der Waals surface area contributed by atoms with E-state index in [1.54, 1.807) is 0 Å². The van der Waals surface area contributed by atoms with E-state index in [4.69, 9.17) is 4.74 Å². The Morgan fingerprint density at radius 3 is 2.15 bits per heavy atom. The molecule has 0 radical (unpaired) electrons. The van der Waals surface area contributed by atoms with Crippen LogP contribution in [0, 0.1) is 0 Å². The quantitative estimate of drug-likeness (QED) is 0.516. The largest absolute Gasteiger partial charge is 1.00 e. The summed E-state index contributed by atoms with van der Waals surface area (Å²) >= 11 is 0. The minimum absolute atomic E-state index is 0. The molecule has 0 amide bonds. The van der Waals surface area contributed by atoms with Crippen molar-refractivity contribution in [1.29, 1.82) is 0 Å². The second-order valence-electron chi connectivity index (χ2n) is 3.53. The molecule has 0 spiro atoms. The summed E-state index contributed by atoms with van der Waals surface area (Å²) in [5.41, 5.74) is -0.360. The average Bonchev–Trinajstić information content (AvgIpc) is 1.81. The fraction of sp³-hybridized carbons (Fsp3) is 1.00. The Balaban J connectivity index is 0.00000144. The Morgan fingerprint density at radius 2 is 1.85 bits per heavy atom. The van der Waals surface area contributed by atoms with Gasteiger partial charge >= 0.3 is 58.4 Å². The van der Waals surface area contributed by atoms with Gasteiger partial charge in [-0.05, 0) is 13.4 Å². The van der Waals surface area contributed by atoms with Crippen molar-refractivity contribution in [2.75, 3.05) is 26.6 Å². The Hall–Kier alpha value is 1.41. The van der Waals surface area contributed by atoms with Gasteiger partial charge in [0.15, 0.2) is 0 Å². The topological polar surface area (TPSA) is 12.5 Å². The van der Waals surface area contributed by atoms with Crippen LogP contribution in [0.2, 0.25) is 0 Å². The van der Waals surface area contributed by atoms with E-state index in [0.717, 1.165) is 0 Å². The molecule has 2 nitrogen and oxygen atoms in total. The predicted octanol–water partition coefficient (Wildman–Crippen LogP) is -1.90. The van der Waals surface area contributed by atoms with E-state index in [2.05, 4.69) is 0 Å². The standard InChI is InChI=1S/C6H12BF3NO.K/c1-6(12-2)3-11(4-6)5-7(8,9)10;/h3-5H2,1-2H3;/q-1;+1. The minimum Gasteiger partial charge on any atom is -0.448 e. The molecule has 0 saturated carbocycles. The maximum absolute atomic E-state index is 11.9. The molecule has 0 N–H and O–H groups in total. The van der Waals surface area contributed by atoms with Gasteiger partial charge in [-0.15, -0.1) is 0 Å². The van der Waals surface area contributed by atoms with Gasteiger partial charge in [-0.25, -0.2) is 0 Å². The number of hydrogen-bond donors (Lipinski definition) is 0. The van der Waals surface area contributed by atoms with Crippen LogP contribution in [0.25, 0.3) is 0 Å². The molecule has 13 heavy (non-hydrogen) atoms. The summed E-state index contributed by atoms with van der Waals surface area (Å²) in [6.07, 6.45) is -0.765. The van der Waals surface area contributed by atoms with Crippen molar-refractivity contribution in [2.24, 2.45) is 0 Å². The zero-order chi connectivity index (χ0) is 9.41. The number of methoxy groups -OCH3 is 1. The van der Waals surface area contributed by atoms with Gasteiger partial charge in [0, 0.05) is 20.2 Å². The van der Waals surface area contributed by atoms with Crippen molar-refractivity contribution >= 4 is 6.98 Å². The van der Waals surface area contributed by atoms with Crippen LogP contribution >= 0.6 is 0 Å². The van der Waals surface area contributed by atoms with E-state index >= 15 is 0 Å². The van der Waals surface area contributed by atoms with E-state index in [1.165, 1.54) is 12.0 Å². The van der Waals surface area contributed by atoms with Gasteiger partial charge in [0.1, 0.15) is 0 Å². The summed E-state index contributed by atoms with van der Waals surface area (Å²) in [7, 11) is 1.52. The van der Waals surface area contributed by atoms with Crippen molar-refractivity contribution < 1.29 is 69.1 Å². The summed E-state index contributed by atoms with van der Waals surface area (Å²) in [5.74, 6) is 0. The van der Waals surface area contributed by atoms with Crippen LogP contribution in [-0.2, 0) is 4.74 Å². The monoisotopic (exact) mass is 221 g/mol. The molecule has 0 aromatic heterocycles. The molecule has 1 rings (SSSR count). The van der Waals surface area contributed by atoms with Crippen molar-refractivity contribution in [3.63, 3.8) is 0 Å². The first kappa shape index (κ1) is 14.4. The van der Waals surface area contributed by atoms with Crippen LogP contribution in [0.1, 0.15) is 6.92 Å². The van der Waals surface area contributed by atoms with Crippen LogP contribution in [0.3, 0.4) is 0 Å². The normalized spacial score (nSPS) is 21.9. The van der Waals surface area contributed by atoms with Gasteiger partial charge in [0.05, 0.1) is 5.60 Å². The summed E-state index contributed by atoms with van der Waals surface area (Å²) in [4.78, 5) is 1.35. The summed E-state index contributed by atoms with van der Waals surface area (Å²) in [6.45, 7) is -2.10. The van der Waals surface area contributed by atoms with Crippen LogP contribution in [0.15, 0.2) is 0 Å². The van der Waals surface area contributed by atoms with Crippen LogP contribution < -0.4 is 51.4 Å². The first-order valence-corrected chi connectivity index (χ1v) is 3.83. The Bertz CT molecular complexity index is 172. The summed E-state index contributed by atoms with van der Waals surface area (Å²) in [6, 6.07) is 0. The maximum atomic E-state index is 11.9. The van der Waals surface area contributed by atoms with E-state index in [1.807, 2.05) is 6.92 Å². The molecule has 0 bridgehead atoms. The van der Waals surface area contributed by atoms with Crippen molar-refractivity contribution in [3.8, 4) is 0 Å². The second kappa shape index (κ2) is 4.96. The van der Waals surface area contributed by atoms with Gasteiger partial charge in [-0.1, -0.05) is 0 Å². The van der Waals surface area contributed by atoms with Gasteiger partial charge < -0.3 is 22.6 Å². The Labute approximate surface area is 119 Å². The fourth-order valence-corrected chi connectivity index (χ4v) is 1.45. The van der Waals surface area contributed by atoms with Crippen LogP contribution in [0.5, 0.6) is 0 Å². The molecule has 0 aromatic carbocycles. The smallest absolute Gasteiger partial charge is 0.448 e. The first-order valence-electron chi connectivity index (χ1n) is 3.83. The number of ether oxygens (including phenoxy) is 1. The number of halogens is 3. The summed E-state index contributed by atoms with van der Waals surface area (Å²) < 4.78 is 40.6. The molecule has 0 atom stereocenters. The molecule has 72 valence electrons. The van der Waals surface area contributed by atoms with E-state index in [-0.39, 0.29) is 57.0 Å². The van der Waals surface area contributed by atoms with Gasteiger partial charge in [0.25, 0.3) is 0 Å². The molecule has 0 aliphatic carbocycles. The number of nitrogens with zero attached hydrogens (tertiary/aromatic N) is 1. The van der Waals surface area contributed by atoms with E-state index < -0.39 is 13.4 Å². The van der Waals surface area contributed by atoms with Crippen molar-refractivity contribution in [2.45, 2.75) is 12.5 Å². The number of likely N-dealkylation sites (tertiary alicyclic amines) is 1. The molecule has 1 aliphatic heterocycles. The van der Waals surface area contributed by atoms with Crippen molar-refractivity contribution in [1.82, 2.24) is 4.90 Å². The molecule has 1 fully saturated rings. The third-order valence-corrected chi connectivity index (χ3v) is 2.07. The third kappa shape index (κ3) is 4.63. The first-order chi connectivity index (χ1) is 5.35. The predicted molar refractivity (Wildman–Crippen MR) is 40.9 cm³/mol. The van der Waals surface area contributed by atoms with Crippen LogP contribution in [0.4, 0.5) is 12.9 Å². The van der Waals surface area contributed by atoms with Gasteiger partial charge in [0.2, 0.25) is 0 Å². The van der Waals surface area contributed by atoms with Crippen LogP contribution in [-0.4, -0.2) is 44.1 Å². The molecule has 1 saturated heterocycles. The third-order valence-electron chi connectivity index (χ3n) is 2.07. The number of hydrogen-bond acceptors (Lipinski definition) is 2. The van der Waals surface area contributed by atoms with Crippen molar-refractivity contribution in [3.05, 3.63) is 0 Å². The molecule has 1 heterocycles. The molecular weight excluding hydrogens is 209 g/mol. The molecular formula is C6H12BF3KNO. The molecule has 0 unspecified atom stereocenters. The fourth-order valence-electron chi connectivity index (χ4n) is 1.45. The molecule has 0 aromatic rings. The van der Waals surface area contributed by atoms with Gasteiger partial charge in [-0.3, -0.25) is 0 Å².